The molecule has 0 N–H and O–H groups in total. The topological polar surface area (TPSA) is 63.5 Å². The monoisotopic (exact) mass is 220 g/mol. The standard InChI is InChI=1S/C11H12N2O3/c1-12(2)8-10(13(15)16)11(14)9-6-4-3-5-7-9/h3-8H,1-2H3/b10-8-. The summed E-state index contributed by atoms with van der Waals surface area (Å²) >= 11 is 0. The molecule has 0 aliphatic heterocycles. The molecule has 1 aromatic rings. The number of ketones is 1. The summed E-state index contributed by atoms with van der Waals surface area (Å²) in [6, 6.07) is 8.18. The number of nitro groups is 1. The molecule has 0 amide bonds. The van der Waals surface area contributed by atoms with E-state index in [0.29, 0.717) is 5.56 Å². The van der Waals surface area contributed by atoms with Crippen molar-refractivity contribution in [3.8, 4) is 0 Å². The fourth-order valence-electron chi connectivity index (χ4n) is 1.17. The molecule has 0 aromatic heterocycles. The van der Waals surface area contributed by atoms with Gasteiger partial charge in [-0.25, -0.2) is 0 Å². The van der Waals surface area contributed by atoms with Crippen LogP contribution in [0.15, 0.2) is 42.2 Å². The minimum absolute atomic E-state index is 0.312. The summed E-state index contributed by atoms with van der Waals surface area (Å²) in [6.07, 6.45) is 1.20. The summed E-state index contributed by atoms with van der Waals surface area (Å²) in [4.78, 5) is 23.3. The molecule has 0 bridgehead atoms. The molecule has 84 valence electrons. The SMILES string of the molecule is CN(C)/C=C(/C(=O)c1ccccc1)[N+](=O)[O-]. The van der Waals surface area contributed by atoms with Gasteiger partial charge in [0, 0.05) is 19.7 Å². The van der Waals surface area contributed by atoms with Gasteiger partial charge >= 0.3 is 5.70 Å². The maximum absolute atomic E-state index is 11.8. The van der Waals surface area contributed by atoms with Crippen LogP contribution in [-0.2, 0) is 0 Å². The van der Waals surface area contributed by atoms with Crippen LogP contribution in [0, 0.1) is 10.1 Å². The third kappa shape index (κ3) is 2.91. The first-order valence-electron chi connectivity index (χ1n) is 4.64. The molecular weight excluding hydrogens is 208 g/mol. The van der Waals surface area contributed by atoms with Crippen molar-refractivity contribution in [2.45, 2.75) is 0 Å². The minimum atomic E-state index is -0.671. The summed E-state index contributed by atoms with van der Waals surface area (Å²) in [6.45, 7) is 0. The van der Waals surface area contributed by atoms with Crippen molar-refractivity contribution in [2.75, 3.05) is 14.1 Å². The van der Waals surface area contributed by atoms with E-state index in [0.717, 1.165) is 0 Å². The molecule has 0 aliphatic rings. The van der Waals surface area contributed by atoms with Crippen LogP contribution in [0.25, 0.3) is 0 Å². The van der Waals surface area contributed by atoms with E-state index in [1.54, 1.807) is 44.4 Å². The largest absolute Gasteiger partial charge is 0.378 e. The lowest BCUT2D eigenvalue weighted by Gasteiger charge is -2.04. The van der Waals surface area contributed by atoms with Crippen LogP contribution in [0.1, 0.15) is 10.4 Å². The fraction of sp³-hybridized carbons (Fsp3) is 0.182. The van der Waals surface area contributed by atoms with Crippen molar-refractivity contribution in [2.24, 2.45) is 0 Å². The van der Waals surface area contributed by atoms with Crippen molar-refractivity contribution in [1.82, 2.24) is 4.90 Å². The Morgan fingerprint density at radius 3 is 2.31 bits per heavy atom. The highest BCUT2D eigenvalue weighted by Gasteiger charge is 2.23. The van der Waals surface area contributed by atoms with Gasteiger partial charge in [0.05, 0.1) is 11.1 Å². The zero-order chi connectivity index (χ0) is 12.1. The highest BCUT2D eigenvalue weighted by Crippen LogP contribution is 2.09. The summed E-state index contributed by atoms with van der Waals surface area (Å²) < 4.78 is 0. The highest BCUT2D eigenvalue weighted by molar-refractivity contribution is 6.06. The lowest BCUT2D eigenvalue weighted by atomic mass is 10.1. The Morgan fingerprint density at radius 2 is 1.88 bits per heavy atom. The van der Waals surface area contributed by atoms with E-state index >= 15 is 0 Å². The Kier molecular flexibility index (Phi) is 3.77. The number of Topliss-reactive ketones (excluding diaryl/α,β-unsaturated/α-hetero) is 1. The van der Waals surface area contributed by atoms with Gasteiger partial charge in [0.1, 0.15) is 0 Å². The number of hydrogen-bond acceptors (Lipinski definition) is 4. The summed E-state index contributed by atoms with van der Waals surface area (Å²) in [5, 5.41) is 10.7. The second-order valence-electron chi connectivity index (χ2n) is 3.43. The van der Waals surface area contributed by atoms with Crippen LogP contribution in [0.3, 0.4) is 0 Å². The van der Waals surface area contributed by atoms with Crippen molar-refractivity contribution < 1.29 is 9.72 Å². The maximum atomic E-state index is 11.8. The molecule has 0 aliphatic carbocycles. The molecule has 0 radical (unpaired) electrons. The maximum Gasteiger partial charge on any atom is 0.332 e. The van der Waals surface area contributed by atoms with Gasteiger partial charge in [0.15, 0.2) is 0 Å². The zero-order valence-corrected chi connectivity index (χ0v) is 9.08. The number of hydrogen-bond donors (Lipinski definition) is 0. The lowest BCUT2D eigenvalue weighted by Crippen LogP contribution is -2.16. The first-order chi connectivity index (χ1) is 7.52. The molecule has 1 aromatic carbocycles. The van der Waals surface area contributed by atoms with Gasteiger partial charge in [-0.15, -0.1) is 0 Å². The van der Waals surface area contributed by atoms with Crippen LogP contribution in [-0.4, -0.2) is 29.7 Å². The van der Waals surface area contributed by atoms with E-state index in [1.807, 2.05) is 0 Å². The third-order valence-electron chi connectivity index (χ3n) is 1.85. The second kappa shape index (κ2) is 5.06. The number of carbonyl (C=O) groups excluding carboxylic acids is 1. The predicted octanol–water partition coefficient (Wildman–Crippen LogP) is 1.55. The summed E-state index contributed by atoms with van der Waals surface area (Å²) in [5.74, 6) is -0.584. The van der Waals surface area contributed by atoms with Crippen molar-refractivity contribution in [3.05, 3.63) is 57.9 Å². The number of carbonyl (C=O) groups is 1. The van der Waals surface area contributed by atoms with E-state index in [9.17, 15) is 14.9 Å². The van der Waals surface area contributed by atoms with Crippen LogP contribution in [0.4, 0.5) is 0 Å². The molecule has 0 saturated heterocycles. The van der Waals surface area contributed by atoms with Crippen LogP contribution in [0.5, 0.6) is 0 Å². The number of benzene rings is 1. The molecule has 16 heavy (non-hydrogen) atoms. The van der Waals surface area contributed by atoms with Gasteiger partial charge in [0.25, 0.3) is 5.78 Å². The van der Waals surface area contributed by atoms with E-state index in [4.69, 9.17) is 0 Å². The number of nitrogens with zero attached hydrogens (tertiary/aromatic N) is 2. The van der Waals surface area contributed by atoms with Crippen molar-refractivity contribution >= 4 is 5.78 Å². The normalized spacial score (nSPS) is 11.0. The van der Waals surface area contributed by atoms with E-state index in [1.165, 1.54) is 11.1 Å². The minimum Gasteiger partial charge on any atom is -0.378 e. The molecule has 0 heterocycles. The van der Waals surface area contributed by atoms with E-state index in [-0.39, 0.29) is 0 Å². The van der Waals surface area contributed by atoms with E-state index in [2.05, 4.69) is 0 Å². The molecule has 0 fully saturated rings. The first kappa shape index (κ1) is 11.9. The Hall–Kier alpha value is -2.17. The molecular formula is C11H12N2O3. The van der Waals surface area contributed by atoms with E-state index < -0.39 is 16.4 Å². The quantitative estimate of drug-likeness (QED) is 0.334. The summed E-state index contributed by atoms with van der Waals surface area (Å²) in [5.41, 5.74) is -0.122. The number of allylic oxidation sites excluding steroid dienone is 1. The Bertz CT molecular complexity index is 424. The van der Waals surface area contributed by atoms with Gasteiger partial charge in [-0.3, -0.25) is 14.9 Å². The summed E-state index contributed by atoms with van der Waals surface area (Å²) in [7, 11) is 3.25. The zero-order valence-electron chi connectivity index (χ0n) is 9.08. The van der Waals surface area contributed by atoms with Crippen LogP contribution >= 0.6 is 0 Å². The van der Waals surface area contributed by atoms with Gasteiger partial charge in [-0.1, -0.05) is 30.3 Å². The molecule has 5 nitrogen and oxygen atoms in total. The molecule has 0 spiro atoms. The van der Waals surface area contributed by atoms with Crippen molar-refractivity contribution in [1.29, 1.82) is 0 Å². The first-order valence-corrected chi connectivity index (χ1v) is 4.64. The molecule has 1 rings (SSSR count). The molecule has 0 saturated carbocycles. The second-order valence-corrected chi connectivity index (χ2v) is 3.43. The van der Waals surface area contributed by atoms with Gasteiger partial charge in [-0.05, 0) is 0 Å². The smallest absolute Gasteiger partial charge is 0.332 e. The molecule has 5 heteroatoms. The van der Waals surface area contributed by atoms with Crippen molar-refractivity contribution in [3.63, 3.8) is 0 Å². The Labute approximate surface area is 93.1 Å². The Morgan fingerprint density at radius 1 is 1.31 bits per heavy atom. The van der Waals surface area contributed by atoms with Gasteiger partial charge in [-0.2, -0.15) is 0 Å². The average molecular weight is 220 g/mol. The highest BCUT2D eigenvalue weighted by atomic mass is 16.6. The number of rotatable bonds is 4. The van der Waals surface area contributed by atoms with Gasteiger partial charge < -0.3 is 4.90 Å². The fourth-order valence-corrected chi connectivity index (χ4v) is 1.17. The van der Waals surface area contributed by atoms with Gasteiger partial charge in [0.2, 0.25) is 0 Å². The predicted molar refractivity (Wildman–Crippen MR) is 59.5 cm³/mol. The van der Waals surface area contributed by atoms with Crippen LogP contribution < -0.4 is 0 Å². The molecule has 0 unspecified atom stereocenters. The average Bonchev–Trinajstić information content (AvgIpc) is 2.25. The third-order valence-corrected chi connectivity index (χ3v) is 1.85. The van der Waals surface area contributed by atoms with Crippen LogP contribution in [0.2, 0.25) is 0 Å². The Balaban J connectivity index is 3.07. The lowest BCUT2D eigenvalue weighted by molar-refractivity contribution is -0.417. The molecule has 0 atom stereocenters.